The second-order valence-corrected chi connectivity index (χ2v) is 5.78. The van der Waals surface area contributed by atoms with Gasteiger partial charge in [-0.1, -0.05) is 22.0 Å². The van der Waals surface area contributed by atoms with Crippen LogP contribution >= 0.6 is 15.9 Å². The Morgan fingerprint density at radius 2 is 1.70 bits per heavy atom. The molecule has 0 amide bonds. The van der Waals surface area contributed by atoms with Crippen LogP contribution in [-0.2, 0) is 18.9 Å². The highest BCUT2D eigenvalue weighted by atomic mass is 79.9. The molecule has 0 aromatic heterocycles. The summed E-state index contributed by atoms with van der Waals surface area (Å²) in [5.74, 6) is -0.835. The summed E-state index contributed by atoms with van der Waals surface area (Å²) in [7, 11) is 0.675. The molecule has 2 rings (SSSR count). The molecule has 0 radical (unpaired) electrons. The van der Waals surface area contributed by atoms with Crippen LogP contribution in [-0.4, -0.2) is 44.1 Å². The largest absolute Gasteiger partial charge is 0.636 e. The summed E-state index contributed by atoms with van der Waals surface area (Å²) >= 11 is 3.45. The van der Waals surface area contributed by atoms with Gasteiger partial charge in [0.25, 0.3) is 0 Å². The maximum Gasteiger partial charge on any atom is 0.636 e. The molecule has 0 spiro atoms. The van der Waals surface area contributed by atoms with E-state index >= 15 is 0 Å². The molecule has 0 atom stereocenters. The Kier molecular flexibility index (Phi) is 4.50. The SMILES string of the molecule is Cc1cc(B2OC(=O)CN(C)CC(=O)O2)cc(Br)c1C. The van der Waals surface area contributed by atoms with Crippen molar-refractivity contribution in [1.82, 2.24) is 4.90 Å². The first-order valence-electron chi connectivity index (χ1n) is 6.21. The van der Waals surface area contributed by atoms with Crippen LogP contribution in [0.2, 0.25) is 0 Å². The summed E-state index contributed by atoms with van der Waals surface area (Å²) in [5, 5.41) is 0. The maximum absolute atomic E-state index is 11.7. The fourth-order valence-electron chi connectivity index (χ4n) is 1.95. The van der Waals surface area contributed by atoms with Gasteiger partial charge in [0.15, 0.2) is 0 Å². The highest BCUT2D eigenvalue weighted by Crippen LogP contribution is 2.18. The molecule has 1 aliphatic heterocycles. The lowest BCUT2D eigenvalue weighted by Gasteiger charge is -2.23. The molecule has 5 nitrogen and oxygen atoms in total. The van der Waals surface area contributed by atoms with Gasteiger partial charge >= 0.3 is 19.1 Å². The molecule has 20 heavy (non-hydrogen) atoms. The van der Waals surface area contributed by atoms with E-state index < -0.39 is 19.1 Å². The number of carbonyl (C=O) groups excluding carboxylic acids is 2. The van der Waals surface area contributed by atoms with E-state index in [1.807, 2.05) is 19.9 Å². The lowest BCUT2D eigenvalue weighted by Crippen LogP contribution is -2.48. The third-order valence-electron chi connectivity index (χ3n) is 3.17. The maximum atomic E-state index is 11.7. The molecule has 0 aliphatic carbocycles. The predicted octanol–water partition coefficient (Wildman–Crippen LogP) is 0.793. The lowest BCUT2D eigenvalue weighted by molar-refractivity contribution is -0.145. The van der Waals surface area contributed by atoms with E-state index in [0.717, 1.165) is 15.6 Å². The van der Waals surface area contributed by atoms with Gasteiger partial charge in [-0.2, -0.15) is 0 Å². The van der Waals surface area contributed by atoms with Crippen molar-refractivity contribution in [3.8, 4) is 0 Å². The van der Waals surface area contributed by atoms with Crippen LogP contribution in [0.4, 0.5) is 0 Å². The van der Waals surface area contributed by atoms with E-state index in [1.165, 1.54) is 0 Å². The Hall–Kier alpha value is -1.34. The predicted molar refractivity (Wildman–Crippen MR) is 78.7 cm³/mol. The number of benzene rings is 1. The van der Waals surface area contributed by atoms with Crippen molar-refractivity contribution in [3.63, 3.8) is 0 Å². The Balaban J connectivity index is 2.30. The number of halogens is 1. The smallest absolute Gasteiger partial charge is 0.494 e. The van der Waals surface area contributed by atoms with Gasteiger partial charge in [-0.05, 0) is 38.1 Å². The summed E-state index contributed by atoms with van der Waals surface area (Å²) in [5.41, 5.74) is 2.77. The molecule has 0 N–H and O–H groups in total. The zero-order valence-corrected chi connectivity index (χ0v) is 13.2. The second-order valence-electron chi connectivity index (χ2n) is 4.93. The third-order valence-corrected chi connectivity index (χ3v) is 4.00. The molecule has 0 saturated carbocycles. The van der Waals surface area contributed by atoms with Crippen molar-refractivity contribution in [3.05, 3.63) is 27.7 Å². The molecular weight excluding hydrogens is 325 g/mol. The number of rotatable bonds is 1. The molecule has 1 saturated heterocycles. The topological polar surface area (TPSA) is 55.8 Å². The number of nitrogens with zero attached hydrogens (tertiary/aromatic N) is 1. The number of aryl methyl sites for hydroxylation is 1. The molecular formula is C13H15BBrNO4. The van der Waals surface area contributed by atoms with E-state index in [-0.39, 0.29) is 13.1 Å². The molecule has 1 heterocycles. The quantitative estimate of drug-likeness (QED) is 0.708. The molecule has 1 aromatic carbocycles. The summed E-state index contributed by atoms with van der Waals surface area (Å²) in [6.07, 6.45) is 0. The number of hydrogen-bond acceptors (Lipinski definition) is 5. The van der Waals surface area contributed by atoms with Gasteiger partial charge in [-0.15, -0.1) is 0 Å². The summed E-state index contributed by atoms with van der Waals surface area (Å²) in [6.45, 7) is 4.06. The van der Waals surface area contributed by atoms with Gasteiger partial charge in [0.05, 0.1) is 13.1 Å². The fourth-order valence-corrected chi connectivity index (χ4v) is 2.53. The first kappa shape index (κ1) is 15.1. The van der Waals surface area contributed by atoms with Crippen LogP contribution < -0.4 is 5.46 Å². The normalized spacial score (nSPS) is 17.3. The zero-order chi connectivity index (χ0) is 14.9. The first-order chi connectivity index (χ1) is 9.36. The fraction of sp³-hybridized carbons (Fsp3) is 0.385. The average molecular weight is 340 g/mol. The van der Waals surface area contributed by atoms with Gasteiger partial charge in [-0.25, -0.2) is 0 Å². The molecule has 1 aromatic rings. The van der Waals surface area contributed by atoms with Crippen LogP contribution in [0.15, 0.2) is 16.6 Å². The Morgan fingerprint density at radius 3 is 2.20 bits per heavy atom. The minimum atomic E-state index is -0.987. The van der Waals surface area contributed by atoms with Crippen molar-refractivity contribution in [2.24, 2.45) is 0 Å². The average Bonchev–Trinajstić information content (AvgIpc) is 2.32. The monoisotopic (exact) mass is 339 g/mol. The first-order valence-corrected chi connectivity index (χ1v) is 7.00. The van der Waals surface area contributed by atoms with E-state index in [4.69, 9.17) is 9.31 Å². The van der Waals surface area contributed by atoms with Gasteiger partial charge in [0.2, 0.25) is 0 Å². The Labute approximate surface area is 126 Å². The van der Waals surface area contributed by atoms with Crippen LogP contribution in [0.1, 0.15) is 11.1 Å². The third kappa shape index (κ3) is 3.40. The van der Waals surface area contributed by atoms with Gasteiger partial charge in [-0.3, -0.25) is 14.5 Å². The highest BCUT2D eigenvalue weighted by molar-refractivity contribution is 9.10. The molecule has 0 unspecified atom stereocenters. The highest BCUT2D eigenvalue weighted by Gasteiger charge is 2.34. The minimum absolute atomic E-state index is 0.0671. The van der Waals surface area contributed by atoms with E-state index in [0.29, 0.717) is 5.46 Å². The van der Waals surface area contributed by atoms with Crippen LogP contribution in [0.25, 0.3) is 0 Å². The summed E-state index contributed by atoms with van der Waals surface area (Å²) in [4.78, 5) is 25.0. The van der Waals surface area contributed by atoms with Gasteiger partial charge in [0, 0.05) is 9.94 Å². The van der Waals surface area contributed by atoms with E-state index in [2.05, 4.69) is 15.9 Å². The van der Waals surface area contributed by atoms with E-state index in [9.17, 15) is 9.59 Å². The van der Waals surface area contributed by atoms with Gasteiger partial charge < -0.3 is 9.31 Å². The number of hydrogen-bond donors (Lipinski definition) is 0. The van der Waals surface area contributed by atoms with Gasteiger partial charge in [0.1, 0.15) is 0 Å². The minimum Gasteiger partial charge on any atom is -0.494 e. The number of carbonyl (C=O) groups is 2. The zero-order valence-electron chi connectivity index (χ0n) is 11.6. The van der Waals surface area contributed by atoms with Crippen molar-refractivity contribution in [2.45, 2.75) is 13.8 Å². The second kappa shape index (κ2) is 5.97. The molecule has 7 heteroatoms. The summed E-state index contributed by atoms with van der Waals surface area (Å²) in [6, 6.07) is 3.66. The summed E-state index contributed by atoms with van der Waals surface area (Å²) < 4.78 is 11.3. The van der Waals surface area contributed by atoms with Crippen LogP contribution in [0.5, 0.6) is 0 Å². The van der Waals surface area contributed by atoms with Crippen LogP contribution in [0.3, 0.4) is 0 Å². The number of likely N-dealkylation sites (N-methyl/N-ethyl adjacent to an activating group) is 1. The Morgan fingerprint density at radius 1 is 1.15 bits per heavy atom. The molecule has 106 valence electrons. The molecule has 1 fully saturated rings. The van der Waals surface area contributed by atoms with Crippen LogP contribution in [0, 0.1) is 13.8 Å². The molecule has 0 bridgehead atoms. The van der Waals surface area contributed by atoms with E-state index in [1.54, 1.807) is 18.0 Å². The standard InChI is InChI=1S/C13H15BBrNO4/c1-8-4-10(5-11(15)9(8)2)14-19-12(17)6-16(3)7-13(18)20-14/h4-5H,6-7H2,1-3H3. The molecule has 1 aliphatic rings. The van der Waals surface area contributed by atoms with Crippen molar-refractivity contribution < 1.29 is 18.9 Å². The Bertz CT molecular complexity index is 520. The van der Waals surface area contributed by atoms with Crippen molar-refractivity contribution in [2.75, 3.05) is 20.1 Å². The van der Waals surface area contributed by atoms with Crippen molar-refractivity contribution in [1.29, 1.82) is 0 Å². The van der Waals surface area contributed by atoms with Crippen molar-refractivity contribution >= 4 is 40.4 Å². The lowest BCUT2D eigenvalue weighted by atomic mass is 9.77.